The second-order valence-electron chi connectivity index (χ2n) is 4.85. The van der Waals surface area contributed by atoms with E-state index in [1.54, 1.807) is 30.3 Å². The summed E-state index contributed by atoms with van der Waals surface area (Å²) in [6, 6.07) is 13.5. The van der Waals surface area contributed by atoms with E-state index in [1.807, 2.05) is 0 Å². The fourth-order valence-corrected chi connectivity index (χ4v) is 2.86. The van der Waals surface area contributed by atoms with Crippen molar-refractivity contribution >= 4 is 22.2 Å². The first-order valence-corrected chi connectivity index (χ1v) is 7.87. The highest BCUT2D eigenvalue weighted by atomic mass is 32.2. The van der Waals surface area contributed by atoms with Crippen molar-refractivity contribution in [1.82, 2.24) is 0 Å². The molecule has 0 fully saturated rings. The molecule has 0 saturated heterocycles. The van der Waals surface area contributed by atoms with Crippen molar-refractivity contribution in [1.29, 1.82) is 0 Å². The summed E-state index contributed by atoms with van der Waals surface area (Å²) in [6.45, 7) is 1.30. The van der Waals surface area contributed by atoms with E-state index >= 15 is 0 Å². The zero-order chi connectivity index (χ0) is 16.4. The monoisotopic (exact) mass is 318 g/mol. The van der Waals surface area contributed by atoms with Gasteiger partial charge in [0.2, 0.25) is 0 Å². The van der Waals surface area contributed by atoms with Crippen molar-refractivity contribution in [3.8, 4) is 0 Å². The Hall–Kier alpha value is -2.31. The molecule has 5 nitrogen and oxygen atoms in total. The molecule has 0 aromatic heterocycles. The molecule has 0 aliphatic carbocycles. The molecule has 1 N–H and O–H groups in total. The van der Waals surface area contributed by atoms with Crippen LogP contribution in [0, 0.1) is 0 Å². The molecule has 0 radical (unpaired) electrons. The van der Waals surface area contributed by atoms with E-state index in [4.69, 9.17) is 4.55 Å². The van der Waals surface area contributed by atoms with Gasteiger partial charge in [-0.05, 0) is 30.2 Å². The van der Waals surface area contributed by atoms with Crippen LogP contribution in [-0.4, -0.2) is 25.0 Å². The third kappa shape index (κ3) is 2.70. The number of Topliss-reactive ketones (excluding diaryl/α,β-unsaturated/α-hetero) is 1. The van der Waals surface area contributed by atoms with Crippen LogP contribution in [0.25, 0.3) is 0 Å². The summed E-state index contributed by atoms with van der Waals surface area (Å²) < 4.78 is 31.2. The van der Waals surface area contributed by atoms with Crippen LogP contribution < -0.4 is 0 Å². The highest BCUT2D eigenvalue weighted by molar-refractivity contribution is 7.85. The number of hydrogen-bond donors (Lipinski definition) is 1. The predicted octanol–water partition coefficient (Wildman–Crippen LogP) is 2.01. The molecule has 2 rings (SSSR count). The quantitative estimate of drug-likeness (QED) is 0.517. The van der Waals surface area contributed by atoms with E-state index in [9.17, 15) is 18.0 Å². The van der Waals surface area contributed by atoms with Gasteiger partial charge in [0.15, 0.2) is 5.78 Å². The molecule has 0 spiro atoms. The zero-order valence-electron chi connectivity index (χ0n) is 11.8. The standard InChI is InChI=1S/C16H14O5S/c1-12(18)16(11-17,13-5-3-2-4-6-13)14-7-9-15(10-8-14)22(19,20)21/h2-11H,1H3,(H,19,20,21). The number of benzene rings is 2. The molecule has 6 heteroatoms. The van der Waals surface area contributed by atoms with Crippen LogP contribution in [0.15, 0.2) is 59.5 Å². The number of hydrogen-bond acceptors (Lipinski definition) is 4. The van der Waals surface area contributed by atoms with Crippen molar-refractivity contribution in [2.75, 3.05) is 0 Å². The molecule has 1 atom stereocenters. The molecule has 114 valence electrons. The number of aldehydes is 1. The topological polar surface area (TPSA) is 88.5 Å². The second kappa shape index (κ2) is 5.82. The normalized spacial score (nSPS) is 14.1. The largest absolute Gasteiger partial charge is 0.302 e. The van der Waals surface area contributed by atoms with E-state index in [0.29, 0.717) is 17.4 Å². The minimum Gasteiger partial charge on any atom is -0.302 e. The van der Waals surface area contributed by atoms with E-state index in [1.165, 1.54) is 19.1 Å². The van der Waals surface area contributed by atoms with Crippen LogP contribution in [0.5, 0.6) is 0 Å². The maximum absolute atomic E-state index is 12.2. The number of ketones is 1. The van der Waals surface area contributed by atoms with Crippen LogP contribution in [0.3, 0.4) is 0 Å². The van der Waals surface area contributed by atoms with Crippen LogP contribution in [0.1, 0.15) is 18.1 Å². The molecular formula is C16H14O5S. The molecule has 0 aliphatic rings. The summed E-state index contributed by atoms with van der Waals surface area (Å²) in [5.74, 6) is -0.381. The molecule has 0 aliphatic heterocycles. The molecule has 1 unspecified atom stereocenters. The first-order chi connectivity index (χ1) is 10.3. The molecule has 2 aromatic carbocycles. The Labute approximate surface area is 128 Å². The lowest BCUT2D eigenvalue weighted by atomic mass is 9.73. The van der Waals surface area contributed by atoms with Gasteiger partial charge in [0, 0.05) is 0 Å². The number of carbonyl (C=O) groups is 2. The van der Waals surface area contributed by atoms with Crippen LogP contribution >= 0.6 is 0 Å². The Morgan fingerprint density at radius 2 is 1.50 bits per heavy atom. The Balaban J connectivity index is 2.66. The van der Waals surface area contributed by atoms with Crippen LogP contribution in [-0.2, 0) is 25.1 Å². The molecular weight excluding hydrogens is 304 g/mol. The van der Waals surface area contributed by atoms with E-state index in [0.717, 1.165) is 12.1 Å². The number of rotatable bonds is 5. The first kappa shape index (κ1) is 16.1. The summed E-state index contributed by atoms with van der Waals surface area (Å²) in [4.78, 5) is 23.6. The fourth-order valence-electron chi connectivity index (χ4n) is 2.38. The lowest BCUT2D eigenvalue weighted by Gasteiger charge is -2.26. The SMILES string of the molecule is CC(=O)C(C=O)(c1ccccc1)c1ccc(S(=O)(=O)O)cc1. The van der Waals surface area contributed by atoms with Gasteiger partial charge in [-0.2, -0.15) is 8.42 Å². The maximum atomic E-state index is 12.2. The van der Waals surface area contributed by atoms with E-state index < -0.39 is 15.5 Å². The zero-order valence-corrected chi connectivity index (χ0v) is 12.6. The van der Waals surface area contributed by atoms with Gasteiger partial charge in [0.05, 0.1) is 4.90 Å². The van der Waals surface area contributed by atoms with Crippen molar-refractivity contribution in [3.63, 3.8) is 0 Å². The van der Waals surface area contributed by atoms with Crippen molar-refractivity contribution in [2.45, 2.75) is 17.2 Å². The summed E-state index contributed by atoms with van der Waals surface area (Å²) in [6.07, 6.45) is 0.549. The van der Waals surface area contributed by atoms with Crippen molar-refractivity contribution in [3.05, 3.63) is 65.7 Å². The molecule has 0 amide bonds. The van der Waals surface area contributed by atoms with Gasteiger partial charge in [-0.3, -0.25) is 9.35 Å². The van der Waals surface area contributed by atoms with Crippen molar-refractivity contribution in [2.24, 2.45) is 0 Å². The van der Waals surface area contributed by atoms with Crippen LogP contribution in [0.4, 0.5) is 0 Å². The highest BCUT2D eigenvalue weighted by Crippen LogP contribution is 2.32. The van der Waals surface area contributed by atoms with Gasteiger partial charge in [-0.25, -0.2) is 0 Å². The number of carbonyl (C=O) groups excluding carboxylic acids is 2. The maximum Gasteiger partial charge on any atom is 0.294 e. The van der Waals surface area contributed by atoms with Crippen LogP contribution in [0.2, 0.25) is 0 Å². The Morgan fingerprint density at radius 3 is 1.91 bits per heavy atom. The second-order valence-corrected chi connectivity index (χ2v) is 6.27. The third-order valence-electron chi connectivity index (χ3n) is 3.57. The van der Waals surface area contributed by atoms with Crippen molar-refractivity contribution < 1.29 is 22.6 Å². The lowest BCUT2D eigenvalue weighted by molar-refractivity contribution is -0.126. The molecule has 0 saturated carbocycles. The van der Waals surface area contributed by atoms with Gasteiger partial charge in [0.25, 0.3) is 10.1 Å². The predicted molar refractivity (Wildman–Crippen MR) is 80.2 cm³/mol. The lowest BCUT2D eigenvalue weighted by Crippen LogP contribution is -2.37. The van der Waals surface area contributed by atoms with E-state index in [2.05, 4.69) is 0 Å². The first-order valence-electron chi connectivity index (χ1n) is 6.43. The summed E-state index contributed by atoms with van der Waals surface area (Å²) >= 11 is 0. The molecule has 22 heavy (non-hydrogen) atoms. The van der Waals surface area contributed by atoms with E-state index in [-0.39, 0.29) is 10.7 Å². The summed E-state index contributed by atoms with van der Waals surface area (Å²) in [5.41, 5.74) is -0.662. The Kier molecular flexibility index (Phi) is 4.25. The van der Waals surface area contributed by atoms with Gasteiger partial charge >= 0.3 is 0 Å². The third-order valence-corrected chi connectivity index (χ3v) is 4.44. The molecule has 0 bridgehead atoms. The van der Waals surface area contributed by atoms with Gasteiger partial charge in [0.1, 0.15) is 11.7 Å². The molecule has 2 aromatic rings. The Bertz CT molecular complexity index is 794. The Morgan fingerprint density at radius 1 is 1.00 bits per heavy atom. The van der Waals surface area contributed by atoms with Gasteiger partial charge in [-0.1, -0.05) is 42.5 Å². The smallest absolute Gasteiger partial charge is 0.294 e. The fraction of sp³-hybridized carbons (Fsp3) is 0.125. The average Bonchev–Trinajstić information content (AvgIpc) is 2.49. The van der Waals surface area contributed by atoms with Gasteiger partial charge in [-0.15, -0.1) is 0 Å². The summed E-state index contributed by atoms with van der Waals surface area (Å²) in [7, 11) is -4.33. The summed E-state index contributed by atoms with van der Waals surface area (Å²) in [5, 5.41) is 0. The average molecular weight is 318 g/mol. The highest BCUT2D eigenvalue weighted by Gasteiger charge is 2.39. The minimum atomic E-state index is -4.33. The minimum absolute atomic E-state index is 0.298. The molecule has 0 heterocycles. The van der Waals surface area contributed by atoms with Gasteiger partial charge < -0.3 is 4.79 Å².